The molecule has 0 saturated carbocycles. The van der Waals surface area contributed by atoms with Gasteiger partial charge in [-0.2, -0.15) is 0 Å². The number of carbonyl (C=O) groups excluding carboxylic acids is 1. The Kier molecular flexibility index (Phi) is 9.67. The molecule has 41 heavy (non-hydrogen) atoms. The number of benzene rings is 3. The Hall–Kier alpha value is -3.89. The van der Waals surface area contributed by atoms with E-state index in [0.29, 0.717) is 24.3 Å². The van der Waals surface area contributed by atoms with Crippen LogP contribution in [-0.4, -0.2) is 70.0 Å². The minimum atomic E-state index is -3.67. The number of nitrogens with zero attached hydrogens (tertiary/aromatic N) is 2. The van der Waals surface area contributed by atoms with Gasteiger partial charge < -0.3 is 24.8 Å². The lowest BCUT2D eigenvalue weighted by Crippen LogP contribution is -2.51. The zero-order valence-corrected chi connectivity index (χ0v) is 24.4. The molecule has 218 valence electrons. The molecule has 0 aromatic heterocycles. The number of aliphatic hydroxyl groups excluding tert-OH is 1. The number of ether oxygens (including phenoxy) is 2. The molecule has 0 spiro atoms. The maximum absolute atomic E-state index is 13.8. The lowest BCUT2D eigenvalue weighted by molar-refractivity contribution is -0.128. The number of aliphatic imine (C=N–C) groups is 1. The molecule has 0 radical (unpaired) electrons. The number of amides is 1. The number of aliphatic hydroxyl groups is 1. The SMILES string of the molecule is C[C@H]1OC(c2ccc(OCCCO)cc2)=N[C@@]1(CCS(=O)(=O)c1ccccc1)C(=O)NCc1ccc(N(C)C)cc1. The van der Waals surface area contributed by atoms with Crippen molar-refractivity contribution in [2.75, 3.05) is 38.0 Å². The molecule has 3 aromatic rings. The van der Waals surface area contributed by atoms with Gasteiger partial charge in [-0.15, -0.1) is 0 Å². The van der Waals surface area contributed by atoms with Crippen LogP contribution in [-0.2, 0) is 25.9 Å². The van der Waals surface area contributed by atoms with Gasteiger partial charge in [0.25, 0.3) is 5.91 Å². The van der Waals surface area contributed by atoms with Crippen LogP contribution in [0.3, 0.4) is 0 Å². The van der Waals surface area contributed by atoms with E-state index in [-0.39, 0.29) is 36.1 Å². The highest BCUT2D eigenvalue weighted by Gasteiger charge is 2.50. The zero-order chi connectivity index (χ0) is 29.5. The molecular weight excluding hydrogens is 542 g/mol. The summed E-state index contributed by atoms with van der Waals surface area (Å²) in [6, 6.07) is 23.1. The summed E-state index contributed by atoms with van der Waals surface area (Å²) < 4.78 is 38.0. The molecular formula is C31H37N3O6S. The molecule has 1 amide bonds. The van der Waals surface area contributed by atoms with Gasteiger partial charge >= 0.3 is 0 Å². The first-order valence-corrected chi connectivity index (χ1v) is 15.2. The van der Waals surface area contributed by atoms with Crippen molar-refractivity contribution in [2.45, 2.75) is 42.8 Å². The lowest BCUT2D eigenvalue weighted by Gasteiger charge is -2.28. The van der Waals surface area contributed by atoms with Crippen LogP contribution < -0.4 is 15.0 Å². The molecule has 3 aromatic carbocycles. The summed E-state index contributed by atoms with van der Waals surface area (Å²) in [6.07, 6.45) is -0.235. The lowest BCUT2D eigenvalue weighted by atomic mass is 9.90. The third-order valence-corrected chi connectivity index (χ3v) is 8.82. The first-order valence-electron chi connectivity index (χ1n) is 13.6. The topological polar surface area (TPSA) is 118 Å². The fourth-order valence-electron chi connectivity index (χ4n) is 4.54. The van der Waals surface area contributed by atoms with Crippen LogP contribution in [0.2, 0.25) is 0 Å². The Bertz CT molecular complexity index is 1440. The predicted molar refractivity (Wildman–Crippen MR) is 159 cm³/mol. The number of nitrogens with one attached hydrogen (secondary N) is 1. The predicted octanol–water partition coefficient (Wildman–Crippen LogP) is 3.60. The standard InChI is InChI=1S/C31H37N3O6S/c1-23-31(18-21-41(37,38)28-8-5-4-6-9-28,30(36)32-22-24-10-14-26(15-11-24)34(2)3)33-29(40-23)25-12-16-27(17-13-25)39-20-7-19-35/h4-6,8-17,23,35H,7,18-22H2,1-3H3,(H,32,36)/t23-,31-/m1/s1. The summed E-state index contributed by atoms with van der Waals surface area (Å²) in [6.45, 7) is 2.44. The van der Waals surface area contributed by atoms with Crippen molar-refractivity contribution >= 4 is 27.3 Å². The molecule has 2 atom stereocenters. The van der Waals surface area contributed by atoms with Crippen LogP contribution in [0.25, 0.3) is 0 Å². The van der Waals surface area contributed by atoms with Gasteiger partial charge in [0, 0.05) is 44.9 Å². The molecule has 10 heteroatoms. The summed E-state index contributed by atoms with van der Waals surface area (Å²) in [7, 11) is 0.249. The van der Waals surface area contributed by atoms with Gasteiger partial charge in [-0.05, 0) is 67.4 Å². The minimum Gasteiger partial charge on any atom is -0.494 e. The highest BCUT2D eigenvalue weighted by molar-refractivity contribution is 7.91. The molecule has 1 aliphatic rings. The van der Waals surface area contributed by atoms with E-state index in [4.69, 9.17) is 19.6 Å². The van der Waals surface area contributed by atoms with E-state index in [1.54, 1.807) is 61.5 Å². The Labute approximate surface area is 241 Å². The monoisotopic (exact) mass is 579 g/mol. The Morgan fingerprint density at radius 1 is 1.05 bits per heavy atom. The summed E-state index contributed by atoms with van der Waals surface area (Å²) >= 11 is 0. The van der Waals surface area contributed by atoms with Crippen LogP contribution in [0.4, 0.5) is 5.69 Å². The molecule has 0 fully saturated rings. The Balaban J connectivity index is 1.58. The number of rotatable bonds is 13. The molecule has 0 saturated heterocycles. The van der Waals surface area contributed by atoms with Crippen LogP contribution >= 0.6 is 0 Å². The van der Waals surface area contributed by atoms with Gasteiger partial charge in [0.05, 0.1) is 17.3 Å². The summed E-state index contributed by atoms with van der Waals surface area (Å²) in [5, 5.41) is 11.9. The van der Waals surface area contributed by atoms with Gasteiger partial charge in [-0.1, -0.05) is 30.3 Å². The van der Waals surface area contributed by atoms with Crippen molar-refractivity contribution in [3.8, 4) is 5.75 Å². The maximum Gasteiger partial charge on any atom is 0.252 e. The average molecular weight is 580 g/mol. The van der Waals surface area contributed by atoms with Crippen LogP contribution in [0, 0.1) is 0 Å². The van der Waals surface area contributed by atoms with E-state index >= 15 is 0 Å². The summed E-state index contributed by atoms with van der Waals surface area (Å²) in [5.74, 6) is 0.224. The van der Waals surface area contributed by atoms with Crippen molar-refractivity contribution < 1.29 is 27.8 Å². The zero-order valence-electron chi connectivity index (χ0n) is 23.6. The number of anilines is 1. The quantitative estimate of drug-likeness (QED) is 0.297. The molecule has 2 N–H and O–H groups in total. The highest BCUT2D eigenvalue weighted by Crippen LogP contribution is 2.34. The largest absolute Gasteiger partial charge is 0.494 e. The Morgan fingerprint density at radius 2 is 1.73 bits per heavy atom. The average Bonchev–Trinajstić information content (AvgIpc) is 3.33. The molecule has 0 bridgehead atoms. The van der Waals surface area contributed by atoms with Gasteiger partial charge in [0.1, 0.15) is 11.9 Å². The summed E-state index contributed by atoms with van der Waals surface area (Å²) in [4.78, 5) is 20.8. The fraction of sp³-hybridized carbons (Fsp3) is 0.355. The molecule has 4 rings (SSSR count). The van der Waals surface area contributed by atoms with E-state index in [0.717, 1.165) is 11.3 Å². The molecule has 0 unspecified atom stereocenters. The number of hydrogen-bond acceptors (Lipinski definition) is 8. The summed E-state index contributed by atoms with van der Waals surface area (Å²) in [5.41, 5.74) is 1.14. The highest BCUT2D eigenvalue weighted by atomic mass is 32.2. The molecule has 0 aliphatic carbocycles. The minimum absolute atomic E-state index is 0.0478. The number of hydrogen-bond donors (Lipinski definition) is 2. The third kappa shape index (κ3) is 7.25. The van der Waals surface area contributed by atoms with Crippen molar-refractivity contribution in [3.63, 3.8) is 0 Å². The van der Waals surface area contributed by atoms with Crippen molar-refractivity contribution in [1.82, 2.24) is 5.32 Å². The first-order chi connectivity index (χ1) is 19.6. The second kappa shape index (κ2) is 13.2. The molecule has 1 aliphatic heterocycles. The van der Waals surface area contributed by atoms with Crippen molar-refractivity contribution in [2.24, 2.45) is 4.99 Å². The van der Waals surface area contributed by atoms with Crippen LogP contribution in [0.5, 0.6) is 5.75 Å². The normalized spacial score (nSPS) is 18.3. The third-order valence-electron chi connectivity index (χ3n) is 7.09. The van der Waals surface area contributed by atoms with E-state index < -0.39 is 27.4 Å². The smallest absolute Gasteiger partial charge is 0.252 e. The van der Waals surface area contributed by atoms with E-state index in [9.17, 15) is 13.2 Å². The fourth-order valence-corrected chi connectivity index (χ4v) is 5.92. The second-order valence-electron chi connectivity index (χ2n) is 10.2. The van der Waals surface area contributed by atoms with Crippen molar-refractivity contribution in [3.05, 3.63) is 90.0 Å². The number of carbonyl (C=O) groups is 1. The van der Waals surface area contributed by atoms with Gasteiger partial charge in [0.15, 0.2) is 15.4 Å². The van der Waals surface area contributed by atoms with Gasteiger partial charge in [-0.3, -0.25) is 4.79 Å². The van der Waals surface area contributed by atoms with Crippen LogP contribution in [0.1, 0.15) is 30.9 Å². The molecule has 9 nitrogen and oxygen atoms in total. The first kappa shape index (κ1) is 30.1. The number of sulfone groups is 1. The van der Waals surface area contributed by atoms with Gasteiger partial charge in [-0.25, -0.2) is 13.4 Å². The van der Waals surface area contributed by atoms with Crippen LogP contribution in [0.15, 0.2) is 88.8 Å². The van der Waals surface area contributed by atoms with E-state index in [1.807, 2.05) is 43.3 Å². The maximum atomic E-state index is 13.8. The van der Waals surface area contributed by atoms with Crippen molar-refractivity contribution in [1.29, 1.82) is 0 Å². The second-order valence-corrected chi connectivity index (χ2v) is 12.3. The molecule has 1 heterocycles. The van der Waals surface area contributed by atoms with E-state index in [2.05, 4.69) is 5.32 Å². The Morgan fingerprint density at radius 3 is 2.37 bits per heavy atom. The van der Waals surface area contributed by atoms with Gasteiger partial charge in [0.2, 0.25) is 5.90 Å². The van der Waals surface area contributed by atoms with E-state index in [1.165, 1.54) is 0 Å².